The fourth-order valence-electron chi connectivity index (χ4n) is 2.44. The summed E-state index contributed by atoms with van der Waals surface area (Å²) < 4.78 is 0. The molecule has 0 aromatic carbocycles. The van der Waals surface area contributed by atoms with Crippen LogP contribution < -0.4 is 5.32 Å². The Kier molecular flexibility index (Phi) is 3.79. The molecule has 2 heterocycles. The molecule has 3 unspecified atom stereocenters. The largest absolute Gasteiger partial charge is 0.481 e. The zero-order chi connectivity index (χ0) is 13.3. The van der Waals surface area contributed by atoms with Crippen molar-refractivity contribution < 1.29 is 19.5 Å². The van der Waals surface area contributed by atoms with Gasteiger partial charge in [0.05, 0.1) is 5.92 Å². The molecular formula is C11H16N2O4S. The predicted molar refractivity (Wildman–Crippen MR) is 66.3 cm³/mol. The number of carbonyl (C=O) groups excluding carboxylic acids is 2. The molecule has 7 heteroatoms. The van der Waals surface area contributed by atoms with Crippen molar-refractivity contribution in [3.8, 4) is 0 Å². The third kappa shape index (κ3) is 2.60. The highest BCUT2D eigenvalue weighted by molar-refractivity contribution is 8.14. The van der Waals surface area contributed by atoms with E-state index >= 15 is 0 Å². The first-order valence-corrected chi connectivity index (χ1v) is 6.94. The smallest absolute Gasteiger partial charge is 0.306 e. The topological polar surface area (TPSA) is 86.7 Å². The Hall–Kier alpha value is -1.24. The lowest BCUT2D eigenvalue weighted by Crippen LogP contribution is -2.52. The van der Waals surface area contributed by atoms with E-state index in [0.717, 1.165) is 11.8 Å². The van der Waals surface area contributed by atoms with E-state index in [0.29, 0.717) is 25.1 Å². The predicted octanol–water partition coefficient (Wildman–Crippen LogP) is 0.523. The van der Waals surface area contributed by atoms with Crippen molar-refractivity contribution in [2.45, 2.75) is 31.8 Å². The molecule has 2 fully saturated rings. The van der Waals surface area contributed by atoms with Gasteiger partial charge in [-0.1, -0.05) is 11.8 Å². The maximum Gasteiger partial charge on any atom is 0.306 e. The normalized spacial score (nSPS) is 32.2. The molecule has 0 saturated carbocycles. The zero-order valence-corrected chi connectivity index (χ0v) is 10.9. The molecule has 2 saturated heterocycles. The summed E-state index contributed by atoms with van der Waals surface area (Å²) in [7, 11) is 0. The van der Waals surface area contributed by atoms with Crippen LogP contribution in [-0.2, 0) is 9.59 Å². The minimum atomic E-state index is -0.793. The summed E-state index contributed by atoms with van der Waals surface area (Å²) in [4.78, 5) is 35.9. The van der Waals surface area contributed by atoms with Gasteiger partial charge in [0.15, 0.2) is 0 Å². The number of carboxylic acids is 1. The SMILES string of the molecule is CC1CC(C(=O)O)CCN1C(=O)C1CSC(=O)N1. The molecule has 2 N–H and O–H groups in total. The number of hydrogen-bond acceptors (Lipinski definition) is 4. The van der Waals surface area contributed by atoms with Crippen molar-refractivity contribution in [3.05, 3.63) is 0 Å². The van der Waals surface area contributed by atoms with Crippen LogP contribution in [0.1, 0.15) is 19.8 Å². The average molecular weight is 272 g/mol. The van der Waals surface area contributed by atoms with Crippen LogP contribution in [0.3, 0.4) is 0 Å². The van der Waals surface area contributed by atoms with Crippen LogP contribution in [0.5, 0.6) is 0 Å². The summed E-state index contributed by atoms with van der Waals surface area (Å²) in [5.74, 6) is -0.788. The molecule has 2 aliphatic heterocycles. The molecule has 2 amide bonds. The van der Waals surface area contributed by atoms with Crippen molar-refractivity contribution in [2.75, 3.05) is 12.3 Å². The van der Waals surface area contributed by atoms with Gasteiger partial charge in [-0.2, -0.15) is 0 Å². The summed E-state index contributed by atoms with van der Waals surface area (Å²) in [6.07, 6.45) is 0.966. The number of thioether (sulfide) groups is 1. The molecule has 18 heavy (non-hydrogen) atoms. The maximum absolute atomic E-state index is 12.2. The van der Waals surface area contributed by atoms with E-state index in [1.165, 1.54) is 0 Å². The van der Waals surface area contributed by atoms with Crippen molar-refractivity contribution in [1.29, 1.82) is 0 Å². The average Bonchev–Trinajstić information content (AvgIpc) is 2.74. The van der Waals surface area contributed by atoms with Crippen molar-refractivity contribution in [2.24, 2.45) is 5.92 Å². The minimum Gasteiger partial charge on any atom is -0.481 e. The second-order valence-corrected chi connectivity index (χ2v) is 5.73. The van der Waals surface area contributed by atoms with Gasteiger partial charge in [0.1, 0.15) is 6.04 Å². The lowest BCUT2D eigenvalue weighted by atomic mass is 9.91. The molecule has 2 aliphatic rings. The third-order valence-corrected chi connectivity index (χ3v) is 4.36. The van der Waals surface area contributed by atoms with E-state index in [1.807, 2.05) is 6.92 Å². The summed E-state index contributed by atoms with van der Waals surface area (Å²) in [5, 5.41) is 11.4. The first-order chi connectivity index (χ1) is 8.49. The highest BCUT2D eigenvalue weighted by atomic mass is 32.2. The van der Waals surface area contributed by atoms with Gasteiger partial charge in [-0.3, -0.25) is 14.4 Å². The van der Waals surface area contributed by atoms with Gasteiger partial charge in [-0.25, -0.2) is 0 Å². The van der Waals surface area contributed by atoms with Crippen LogP contribution in [0.4, 0.5) is 4.79 Å². The van der Waals surface area contributed by atoms with Crippen molar-refractivity contribution in [1.82, 2.24) is 10.2 Å². The van der Waals surface area contributed by atoms with Gasteiger partial charge in [-0.15, -0.1) is 0 Å². The Balaban J connectivity index is 1.96. The molecule has 0 radical (unpaired) electrons. The van der Waals surface area contributed by atoms with E-state index in [9.17, 15) is 14.4 Å². The number of nitrogens with zero attached hydrogens (tertiary/aromatic N) is 1. The number of carbonyl (C=O) groups is 3. The third-order valence-electron chi connectivity index (χ3n) is 3.48. The van der Waals surface area contributed by atoms with Gasteiger partial charge in [-0.05, 0) is 19.8 Å². The van der Waals surface area contributed by atoms with Gasteiger partial charge < -0.3 is 15.3 Å². The number of hydrogen-bond donors (Lipinski definition) is 2. The Bertz CT molecular complexity index is 387. The lowest BCUT2D eigenvalue weighted by molar-refractivity contribution is -0.147. The van der Waals surface area contributed by atoms with Crippen LogP contribution in [0.15, 0.2) is 0 Å². The minimum absolute atomic E-state index is 0.0881. The summed E-state index contributed by atoms with van der Waals surface area (Å²) in [6, 6.07) is -0.541. The van der Waals surface area contributed by atoms with E-state index in [-0.39, 0.29) is 23.1 Å². The second kappa shape index (κ2) is 5.17. The maximum atomic E-state index is 12.2. The van der Waals surface area contributed by atoms with E-state index in [4.69, 9.17) is 5.11 Å². The summed E-state index contributed by atoms with van der Waals surface area (Å²) >= 11 is 1.11. The molecular weight excluding hydrogens is 256 g/mol. The Morgan fingerprint density at radius 3 is 2.72 bits per heavy atom. The van der Waals surface area contributed by atoms with Crippen LogP contribution in [-0.4, -0.2) is 51.5 Å². The second-order valence-electron chi connectivity index (χ2n) is 4.74. The first-order valence-electron chi connectivity index (χ1n) is 5.95. The highest BCUT2D eigenvalue weighted by Gasteiger charge is 2.37. The number of nitrogens with one attached hydrogen (secondary N) is 1. The fourth-order valence-corrected chi connectivity index (χ4v) is 3.21. The molecule has 3 atom stereocenters. The Morgan fingerprint density at radius 2 is 2.22 bits per heavy atom. The van der Waals surface area contributed by atoms with Crippen molar-refractivity contribution >= 4 is 28.9 Å². The van der Waals surface area contributed by atoms with Crippen LogP contribution in [0, 0.1) is 5.92 Å². The molecule has 2 rings (SSSR count). The lowest BCUT2D eigenvalue weighted by Gasteiger charge is -2.37. The number of likely N-dealkylation sites (tertiary alicyclic amines) is 1. The van der Waals surface area contributed by atoms with Crippen LogP contribution in [0.25, 0.3) is 0 Å². The van der Waals surface area contributed by atoms with Gasteiger partial charge in [0.2, 0.25) is 5.91 Å². The van der Waals surface area contributed by atoms with Crippen molar-refractivity contribution in [3.63, 3.8) is 0 Å². The van der Waals surface area contributed by atoms with E-state index in [2.05, 4.69) is 5.32 Å². The number of carboxylic acid groups (broad SMARTS) is 1. The summed E-state index contributed by atoms with van der Waals surface area (Å²) in [6.45, 7) is 2.31. The van der Waals surface area contributed by atoms with Gasteiger partial charge in [0.25, 0.3) is 5.24 Å². The molecule has 0 spiro atoms. The molecule has 0 aromatic heterocycles. The Labute approximate surface area is 109 Å². The number of aliphatic carboxylic acids is 1. The summed E-state index contributed by atoms with van der Waals surface area (Å²) in [5.41, 5.74) is 0. The number of amides is 2. The molecule has 0 aromatic rings. The monoisotopic (exact) mass is 272 g/mol. The number of rotatable bonds is 2. The zero-order valence-electron chi connectivity index (χ0n) is 10.1. The number of piperidine rings is 1. The first kappa shape index (κ1) is 13.2. The fraction of sp³-hybridized carbons (Fsp3) is 0.727. The highest BCUT2D eigenvalue weighted by Crippen LogP contribution is 2.25. The molecule has 0 bridgehead atoms. The standard InChI is InChI=1S/C11H16N2O4S/c1-6-4-7(10(15)16)2-3-13(6)9(14)8-5-18-11(17)12-8/h6-8H,2-5H2,1H3,(H,12,17)(H,15,16). The van der Waals surface area contributed by atoms with Crippen LogP contribution >= 0.6 is 11.8 Å². The molecule has 100 valence electrons. The van der Waals surface area contributed by atoms with E-state index in [1.54, 1.807) is 4.90 Å². The van der Waals surface area contributed by atoms with E-state index < -0.39 is 12.0 Å². The Morgan fingerprint density at radius 1 is 1.50 bits per heavy atom. The molecule has 6 nitrogen and oxygen atoms in total. The van der Waals surface area contributed by atoms with Gasteiger partial charge in [0, 0.05) is 18.3 Å². The molecule has 0 aliphatic carbocycles. The van der Waals surface area contributed by atoms with Gasteiger partial charge >= 0.3 is 5.97 Å². The van der Waals surface area contributed by atoms with Crippen LogP contribution in [0.2, 0.25) is 0 Å². The quantitative estimate of drug-likeness (QED) is 0.765.